The summed E-state index contributed by atoms with van der Waals surface area (Å²) < 4.78 is 10.7. The molecule has 1 unspecified atom stereocenters. The monoisotopic (exact) mass is 524 g/mol. The maximum Gasteiger partial charge on any atom is 0.338 e. The summed E-state index contributed by atoms with van der Waals surface area (Å²) in [5.41, 5.74) is 1.30. The van der Waals surface area contributed by atoms with Crippen LogP contribution in [0, 0.1) is 0 Å². The number of nitrogens with zero attached hydrogens (tertiary/aromatic N) is 3. The number of thiazole rings is 1. The van der Waals surface area contributed by atoms with Crippen LogP contribution >= 0.6 is 34.5 Å². The van der Waals surface area contributed by atoms with E-state index in [1.807, 2.05) is 5.38 Å². The molecule has 0 amide bonds. The first kappa shape index (κ1) is 24.6. The number of carboxylic acids is 1. The van der Waals surface area contributed by atoms with Gasteiger partial charge in [-0.25, -0.2) is 9.78 Å². The zero-order valence-corrected chi connectivity index (χ0v) is 20.5. The lowest BCUT2D eigenvalue weighted by molar-refractivity contribution is -0.149. The highest BCUT2D eigenvalue weighted by Gasteiger charge is 2.37. The van der Waals surface area contributed by atoms with E-state index in [1.54, 1.807) is 36.2 Å². The summed E-state index contributed by atoms with van der Waals surface area (Å²) in [6, 6.07) is 3.32. The molecule has 2 aliphatic rings. The van der Waals surface area contributed by atoms with Crippen molar-refractivity contribution in [3.05, 3.63) is 61.7 Å². The Morgan fingerprint density at radius 1 is 1.38 bits per heavy atom. The van der Waals surface area contributed by atoms with Gasteiger partial charge >= 0.3 is 11.9 Å². The van der Waals surface area contributed by atoms with Crippen LogP contribution in [0.4, 0.5) is 0 Å². The van der Waals surface area contributed by atoms with E-state index in [0.29, 0.717) is 45.3 Å². The van der Waals surface area contributed by atoms with E-state index >= 15 is 0 Å². The number of halogens is 2. The van der Waals surface area contributed by atoms with Crippen molar-refractivity contribution in [2.45, 2.75) is 19.0 Å². The minimum Gasteiger partial charge on any atom is -0.480 e. The number of rotatable bonds is 7. The van der Waals surface area contributed by atoms with Crippen LogP contribution in [-0.4, -0.2) is 71.7 Å². The molecule has 1 aromatic heterocycles. The Balaban J connectivity index is 1.83. The van der Waals surface area contributed by atoms with Crippen LogP contribution in [-0.2, 0) is 19.1 Å². The van der Waals surface area contributed by atoms with Gasteiger partial charge in [0.25, 0.3) is 0 Å². The fourth-order valence-corrected chi connectivity index (χ4v) is 4.92. The van der Waals surface area contributed by atoms with Gasteiger partial charge in [0.05, 0.1) is 25.4 Å². The molecule has 3 heterocycles. The van der Waals surface area contributed by atoms with E-state index in [1.165, 1.54) is 11.3 Å². The zero-order chi connectivity index (χ0) is 24.2. The Morgan fingerprint density at radius 2 is 2.21 bits per heavy atom. The smallest absolute Gasteiger partial charge is 0.338 e. The third kappa shape index (κ3) is 5.26. The minimum atomic E-state index is -1.00. The average Bonchev–Trinajstić information content (AvgIpc) is 3.34. The molecule has 0 saturated carbocycles. The predicted octanol–water partition coefficient (Wildman–Crippen LogP) is 3.14. The number of hydrogen-bond donors (Lipinski definition) is 2. The van der Waals surface area contributed by atoms with Gasteiger partial charge in [-0.2, -0.15) is 0 Å². The third-order valence-electron chi connectivity index (χ3n) is 5.40. The SMILES string of the molecule is CCOC(=O)C1=C(CN2CCOC[C@H]2C(=O)O)NC(c2nccs2)=NC1c1ccc(Cl)cc1Cl. The molecule has 1 saturated heterocycles. The summed E-state index contributed by atoms with van der Waals surface area (Å²) in [5.74, 6) is -1.11. The fourth-order valence-electron chi connectivity index (χ4n) is 3.82. The summed E-state index contributed by atoms with van der Waals surface area (Å²) >= 11 is 14.0. The van der Waals surface area contributed by atoms with Gasteiger partial charge in [0, 0.05) is 46.0 Å². The second-order valence-electron chi connectivity index (χ2n) is 7.52. The molecule has 0 spiro atoms. The largest absolute Gasteiger partial charge is 0.480 e. The molecule has 1 aromatic carbocycles. The van der Waals surface area contributed by atoms with Gasteiger partial charge in [-0.1, -0.05) is 29.3 Å². The molecule has 1 fully saturated rings. The van der Waals surface area contributed by atoms with Crippen molar-refractivity contribution in [2.75, 3.05) is 32.9 Å². The maximum atomic E-state index is 13.2. The first-order chi connectivity index (χ1) is 16.4. The highest BCUT2D eigenvalue weighted by Crippen LogP contribution is 2.37. The molecule has 4 rings (SSSR count). The Bertz CT molecular complexity index is 1140. The number of amidine groups is 1. The van der Waals surface area contributed by atoms with Gasteiger partial charge < -0.3 is 19.9 Å². The summed E-state index contributed by atoms with van der Waals surface area (Å²) in [6.07, 6.45) is 1.65. The number of esters is 1. The molecular formula is C22H22Cl2N4O5S. The van der Waals surface area contributed by atoms with Crippen molar-refractivity contribution in [1.82, 2.24) is 15.2 Å². The summed E-state index contributed by atoms with van der Waals surface area (Å²) in [6.45, 7) is 2.83. The molecular weight excluding hydrogens is 503 g/mol. The van der Waals surface area contributed by atoms with Crippen molar-refractivity contribution in [1.29, 1.82) is 0 Å². The molecule has 180 valence electrons. The van der Waals surface area contributed by atoms with E-state index in [4.69, 9.17) is 37.7 Å². The van der Waals surface area contributed by atoms with Gasteiger partial charge in [-0.15, -0.1) is 11.3 Å². The second kappa shape index (κ2) is 10.8. The predicted molar refractivity (Wildman–Crippen MR) is 128 cm³/mol. The van der Waals surface area contributed by atoms with Crippen molar-refractivity contribution in [2.24, 2.45) is 4.99 Å². The number of morpholine rings is 1. The summed E-state index contributed by atoms with van der Waals surface area (Å²) in [7, 11) is 0. The average molecular weight is 525 g/mol. The molecule has 0 radical (unpaired) electrons. The van der Waals surface area contributed by atoms with E-state index in [-0.39, 0.29) is 25.3 Å². The Kier molecular flexibility index (Phi) is 7.84. The van der Waals surface area contributed by atoms with Gasteiger partial charge in [-0.3, -0.25) is 14.7 Å². The number of aromatic nitrogens is 1. The first-order valence-corrected chi connectivity index (χ1v) is 12.2. The number of hydrogen-bond acceptors (Lipinski definition) is 9. The second-order valence-corrected chi connectivity index (χ2v) is 9.26. The number of nitrogens with one attached hydrogen (secondary N) is 1. The lowest BCUT2D eigenvalue weighted by Gasteiger charge is -2.35. The van der Waals surface area contributed by atoms with E-state index < -0.39 is 24.0 Å². The van der Waals surface area contributed by atoms with E-state index in [9.17, 15) is 14.7 Å². The molecule has 12 heteroatoms. The molecule has 2 aromatic rings. The molecule has 34 heavy (non-hydrogen) atoms. The van der Waals surface area contributed by atoms with Gasteiger partial charge in [0.1, 0.15) is 12.1 Å². The Morgan fingerprint density at radius 3 is 2.88 bits per heavy atom. The molecule has 2 aliphatic heterocycles. The van der Waals surface area contributed by atoms with Gasteiger partial charge in [0.15, 0.2) is 10.8 Å². The third-order valence-corrected chi connectivity index (χ3v) is 6.74. The Hall–Kier alpha value is -2.50. The van der Waals surface area contributed by atoms with Crippen LogP contribution in [0.3, 0.4) is 0 Å². The normalized spacial score (nSPS) is 21.1. The number of aliphatic imine (C=N–C) groups is 1. The molecule has 9 nitrogen and oxygen atoms in total. The van der Waals surface area contributed by atoms with Crippen molar-refractivity contribution >= 4 is 52.3 Å². The van der Waals surface area contributed by atoms with Crippen molar-refractivity contribution < 1.29 is 24.2 Å². The number of carboxylic acid groups (broad SMARTS) is 1. The van der Waals surface area contributed by atoms with Crippen LogP contribution in [0.5, 0.6) is 0 Å². The number of ether oxygens (including phenoxy) is 2. The molecule has 0 aliphatic carbocycles. The zero-order valence-electron chi connectivity index (χ0n) is 18.2. The standard InChI is InChI=1S/C22H22Cl2N4O5S/c1-2-33-22(31)17-15(10-28-6-7-32-11-16(28)21(29)30)26-19(20-25-5-8-34-20)27-18(17)13-4-3-12(23)9-14(13)24/h3-5,8-9,16,18H,2,6-7,10-11H2,1H3,(H,26,27)(H,29,30)/t16-,18?/m0/s1. The lowest BCUT2D eigenvalue weighted by Crippen LogP contribution is -2.52. The molecule has 0 bridgehead atoms. The molecule has 2 atom stereocenters. The van der Waals surface area contributed by atoms with Gasteiger partial charge in [-0.05, 0) is 19.1 Å². The van der Waals surface area contributed by atoms with Crippen molar-refractivity contribution in [3.8, 4) is 0 Å². The fraction of sp³-hybridized carbons (Fsp3) is 0.364. The van der Waals surface area contributed by atoms with Crippen LogP contribution < -0.4 is 5.32 Å². The number of benzene rings is 1. The highest BCUT2D eigenvalue weighted by atomic mass is 35.5. The van der Waals surface area contributed by atoms with Crippen LogP contribution in [0.25, 0.3) is 0 Å². The Labute approximate surface area is 210 Å². The van der Waals surface area contributed by atoms with Crippen LogP contribution in [0.15, 0.2) is 46.0 Å². The molecule has 2 N–H and O–H groups in total. The first-order valence-electron chi connectivity index (χ1n) is 10.5. The topological polar surface area (TPSA) is 113 Å². The summed E-state index contributed by atoms with van der Waals surface area (Å²) in [4.78, 5) is 35.9. The van der Waals surface area contributed by atoms with E-state index in [2.05, 4.69) is 10.3 Å². The minimum absolute atomic E-state index is 0.0528. The van der Waals surface area contributed by atoms with Crippen LogP contribution in [0.1, 0.15) is 23.5 Å². The quantitative estimate of drug-likeness (QED) is 0.531. The lowest BCUT2D eigenvalue weighted by atomic mass is 9.95. The van der Waals surface area contributed by atoms with E-state index in [0.717, 1.165) is 0 Å². The number of carbonyl (C=O) groups excluding carboxylic acids is 1. The maximum absolute atomic E-state index is 13.2. The van der Waals surface area contributed by atoms with Gasteiger partial charge in [0.2, 0.25) is 0 Å². The highest BCUT2D eigenvalue weighted by molar-refractivity contribution is 7.11. The van der Waals surface area contributed by atoms with Crippen LogP contribution in [0.2, 0.25) is 10.0 Å². The van der Waals surface area contributed by atoms with Crippen molar-refractivity contribution in [3.63, 3.8) is 0 Å². The summed E-state index contributed by atoms with van der Waals surface area (Å²) in [5, 5.41) is 16.1. The number of carbonyl (C=O) groups is 2. The number of aliphatic carboxylic acids is 1.